The minimum Gasteiger partial charge on any atom is -0.399 e. The van der Waals surface area contributed by atoms with Crippen molar-refractivity contribution in [2.24, 2.45) is 5.92 Å². The summed E-state index contributed by atoms with van der Waals surface area (Å²) in [5.41, 5.74) is 5.75. The second kappa shape index (κ2) is 6.53. The van der Waals surface area contributed by atoms with Gasteiger partial charge in [-0.25, -0.2) is 0 Å². The van der Waals surface area contributed by atoms with Gasteiger partial charge in [0.15, 0.2) is 0 Å². The Hall–Kier alpha value is -2.15. The van der Waals surface area contributed by atoms with Crippen molar-refractivity contribution in [2.75, 3.05) is 31.9 Å². The summed E-state index contributed by atoms with van der Waals surface area (Å²) in [6.07, 6.45) is 1.03. The van der Waals surface area contributed by atoms with Crippen LogP contribution in [0.2, 0.25) is 0 Å². The van der Waals surface area contributed by atoms with Gasteiger partial charge in [0.25, 0.3) is 11.6 Å². The molecule has 0 spiro atoms. The van der Waals surface area contributed by atoms with Gasteiger partial charge in [0.1, 0.15) is 5.56 Å². The summed E-state index contributed by atoms with van der Waals surface area (Å²) in [5.74, 6) is -0.0436. The minimum atomic E-state index is -0.567. The summed E-state index contributed by atoms with van der Waals surface area (Å²) in [6.45, 7) is 5.63. The maximum atomic E-state index is 12.1. The molecule has 21 heavy (non-hydrogen) atoms. The van der Waals surface area contributed by atoms with Crippen molar-refractivity contribution in [1.29, 1.82) is 0 Å². The molecule has 114 valence electrons. The highest BCUT2D eigenvalue weighted by Crippen LogP contribution is 2.21. The van der Waals surface area contributed by atoms with Crippen LogP contribution in [0.15, 0.2) is 18.2 Å². The van der Waals surface area contributed by atoms with E-state index in [9.17, 15) is 14.9 Å². The van der Waals surface area contributed by atoms with Gasteiger partial charge < -0.3 is 16.0 Å². The zero-order valence-electron chi connectivity index (χ0n) is 12.0. The number of nitrogen functional groups attached to an aromatic ring is 1. The fourth-order valence-corrected chi connectivity index (χ4v) is 2.59. The third-order valence-electron chi connectivity index (χ3n) is 3.83. The van der Waals surface area contributed by atoms with E-state index in [2.05, 4.69) is 17.1 Å². The van der Waals surface area contributed by atoms with Crippen LogP contribution in [-0.4, -0.2) is 41.9 Å². The quantitative estimate of drug-likeness (QED) is 0.483. The number of carbonyl (C=O) groups is 1. The number of nitrogens with zero attached hydrogens (tertiary/aromatic N) is 2. The topological polar surface area (TPSA) is 102 Å². The van der Waals surface area contributed by atoms with Gasteiger partial charge >= 0.3 is 0 Å². The van der Waals surface area contributed by atoms with Gasteiger partial charge in [-0.3, -0.25) is 14.9 Å². The summed E-state index contributed by atoms with van der Waals surface area (Å²) >= 11 is 0. The van der Waals surface area contributed by atoms with Crippen LogP contribution in [0.4, 0.5) is 11.4 Å². The summed E-state index contributed by atoms with van der Waals surface area (Å²) < 4.78 is 0. The largest absolute Gasteiger partial charge is 0.399 e. The van der Waals surface area contributed by atoms with Crippen molar-refractivity contribution >= 4 is 17.3 Å². The number of likely N-dealkylation sites (tertiary alicyclic amines) is 1. The Morgan fingerprint density at radius 1 is 1.57 bits per heavy atom. The van der Waals surface area contributed by atoms with Gasteiger partial charge in [0.05, 0.1) is 4.92 Å². The zero-order chi connectivity index (χ0) is 15.4. The number of amides is 1. The van der Waals surface area contributed by atoms with Gasteiger partial charge in [0, 0.05) is 24.8 Å². The molecule has 0 bridgehead atoms. The van der Waals surface area contributed by atoms with Crippen LogP contribution >= 0.6 is 0 Å². The van der Waals surface area contributed by atoms with E-state index >= 15 is 0 Å². The van der Waals surface area contributed by atoms with Crippen LogP contribution in [0.1, 0.15) is 23.7 Å². The molecule has 1 aromatic rings. The molecule has 2 rings (SSSR count). The highest BCUT2D eigenvalue weighted by Gasteiger charge is 2.24. The minimum absolute atomic E-state index is 0.0188. The smallest absolute Gasteiger partial charge is 0.282 e. The molecule has 1 atom stereocenters. The second-order valence-corrected chi connectivity index (χ2v) is 5.29. The number of hydrogen-bond acceptors (Lipinski definition) is 5. The Balaban J connectivity index is 2.00. The Morgan fingerprint density at radius 2 is 2.33 bits per heavy atom. The highest BCUT2D eigenvalue weighted by molar-refractivity contribution is 5.99. The molecule has 1 heterocycles. The molecule has 0 aliphatic carbocycles. The van der Waals surface area contributed by atoms with Gasteiger partial charge in [-0.05, 0) is 37.6 Å². The third-order valence-corrected chi connectivity index (χ3v) is 3.83. The van der Waals surface area contributed by atoms with Crippen LogP contribution in [0, 0.1) is 16.0 Å². The summed E-state index contributed by atoms with van der Waals surface area (Å²) in [7, 11) is 0. The lowest BCUT2D eigenvalue weighted by molar-refractivity contribution is -0.385. The van der Waals surface area contributed by atoms with E-state index in [-0.39, 0.29) is 11.3 Å². The Bertz CT molecular complexity index is 547. The standard InChI is InChI=1S/C14H20N4O3/c1-2-17-6-5-10(9-17)8-16-14(19)12-7-11(15)3-4-13(12)18(20)21/h3-4,7,10H,2,5-6,8-9,15H2,1H3,(H,16,19). The normalized spacial score (nSPS) is 18.6. The summed E-state index contributed by atoms with van der Waals surface area (Å²) in [5, 5.41) is 13.7. The van der Waals surface area contributed by atoms with Gasteiger partial charge in [-0.1, -0.05) is 6.92 Å². The van der Waals surface area contributed by atoms with E-state index in [0.717, 1.165) is 26.1 Å². The third kappa shape index (κ3) is 3.69. The van der Waals surface area contributed by atoms with Crippen LogP contribution in [0.3, 0.4) is 0 Å². The molecule has 1 aliphatic rings. The second-order valence-electron chi connectivity index (χ2n) is 5.29. The number of rotatable bonds is 5. The molecule has 7 nitrogen and oxygen atoms in total. The molecule has 0 radical (unpaired) electrons. The number of benzene rings is 1. The van der Waals surface area contributed by atoms with Gasteiger partial charge in [-0.2, -0.15) is 0 Å². The number of nitro groups is 1. The number of nitrogens with two attached hydrogens (primary N) is 1. The van der Waals surface area contributed by atoms with Gasteiger partial charge in [-0.15, -0.1) is 0 Å². The number of hydrogen-bond donors (Lipinski definition) is 2. The molecule has 1 amide bonds. The fourth-order valence-electron chi connectivity index (χ4n) is 2.59. The predicted octanol–water partition coefficient (Wildman–Crippen LogP) is 1.25. The predicted molar refractivity (Wildman–Crippen MR) is 80.1 cm³/mol. The number of anilines is 1. The molecule has 1 aromatic carbocycles. The lowest BCUT2D eigenvalue weighted by atomic mass is 10.1. The molecule has 1 unspecified atom stereocenters. The van der Waals surface area contributed by atoms with Crippen molar-refractivity contribution in [3.05, 3.63) is 33.9 Å². The Morgan fingerprint density at radius 3 is 2.95 bits per heavy atom. The lowest BCUT2D eigenvalue weighted by Crippen LogP contribution is -2.31. The number of nitrogens with one attached hydrogen (secondary N) is 1. The molecule has 7 heteroatoms. The van der Waals surface area contributed by atoms with Crippen molar-refractivity contribution in [3.63, 3.8) is 0 Å². The molecule has 0 saturated carbocycles. The van der Waals surface area contributed by atoms with E-state index in [1.807, 2.05) is 0 Å². The van der Waals surface area contributed by atoms with Crippen molar-refractivity contribution in [3.8, 4) is 0 Å². The summed E-state index contributed by atoms with van der Waals surface area (Å²) in [6, 6.07) is 4.03. The highest BCUT2D eigenvalue weighted by atomic mass is 16.6. The average Bonchev–Trinajstić information content (AvgIpc) is 2.92. The monoisotopic (exact) mass is 292 g/mol. The first kappa shape index (κ1) is 15.2. The van der Waals surface area contributed by atoms with E-state index < -0.39 is 10.8 Å². The SMILES string of the molecule is CCN1CCC(CNC(=O)c2cc(N)ccc2[N+](=O)[O-])C1. The van der Waals surface area contributed by atoms with Crippen molar-refractivity contribution in [2.45, 2.75) is 13.3 Å². The molecule has 1 aliphatic heterocycles. The number of nitro benzene ring substituents is 1. The maximum absolute atomic E-state index is 12.1. The van der Waals surface area contributed by atoms with E-state index in [1.165, 1.54) is 18.2 Å². The molecule has 3 N–H and O–H groups in total. The van der Waals surface area contributed by atoms with E-state index in [4.69, 9.17) is 5.73 Å². The molecular formula is C14H20N4O3. The Kier molecular flexibility index (Phi) is 4.74. The van der Waals surface area contributed by atoms with Crippen LogP contribution in [-0.2, 0) is 0 Å². The molecule has 0 aromatic heterocycles. The first-order chi connectivity index (χ1) is 10.0. The lowest BCUT2D eigenvalue weighted by Gasteiger charge is -2.14. The van der Waals surface area contributed by atoms with E-state index in [0.29, 0.717) is 18.2 Å². The van der Waals surface area contributed by atoms with Gasteiger partial charge in [0.2, 0.25) is 0 Å². The zero-order valence-corrected chi connectivity index (χ0v) is 12.0. The maximum Gasteiger partial charge on any atom is 0.282 e. The molecule has 1 saturated heterocycles. The molecular weight excluding hydrogens is 272 g/mol. The Labute approximate surface area is 123 Å². The van der Waals surface area contributed by atoms with Crippen molar-refractivity contribution in [1.82, 2.24) is 10.2 Å². The first-order valence-electron chi connectivity index (χ1n) is 7.05. The van der Waals surface area contributed by atoms with Crippen molar-refractivity contribution < 1.29 is 9.72 Å². The average molecular weight is 292 g/mol. The van der Waals surface area contributed by atoms with E-state index in [1.54, 1.807) is 0 Å². The summed E-state index contributed by atoms with van der Waals surface area (Å²) in [4.78, 5) is 24.9. The van der Waals surface area contributed by atoms with Crippen LogP contribution in [0.5, 0.6) is 0 Å². The van der Waals surface area contributed by atoms with Crippen LogP contribution < -0.4 is 11.1 Å². The fraction of sp³-hybridized carbons (Fsp3) is 0.500. The molecule has 1 fully saturated rings. The van der Waals surface area contributed by atoms with Crippen LogP contribution in [0.25, 0.3) is 0 Å². The number of carbonyl (C=O) groups excluding carboxylic acids is 1. The first-order valence-corrected chi connectivity index (χ1v) is 7.05.